The van der Waals surface area contributed by atoms with E-state index in [1.54, 1.807) is 43.3 Å². The molecular formula is C19H19NO4S. The molecule has 0 unspecified atom stereocenters. The summed E-state index contributed by atoms with van der Waals surface area (Å²) in [6, 6.07) is 13.8. The highest BCUT2D eigenvalue weighted by Crippen LogP contribution is 2.31. The molecule has 5 nitrogen and oxygen atoms in total. The van der Waals surface area contributed by atoms with Gasteiger partial charge in [-0.3, -0.25) is 4.79 Å². The van der Waals surface area contributed by atoms with E-state index in [0.717, 1.165) is 10.9 Å². The van der Waals surface area contributed by atoms with E-state index in [-0.39, 0.29) is 17.2 Å². The van der Waals surface area contributed by atoms with Crippen LogP contribution in [0.1, 0.15) is 30.4 Å². The van der Waals surface area contributed by atoms with Crippen LogP contribution in [0.25, 0.3) is 10.9 Å². The number of hydrogen-bond donors (Lipinski definition) is 1. The zero-order chi connectivity index (χ0) is 18.2. The zero-order valence-corrected chi connectivity index (χ0v) is 14.8. The maximum Gasteiger partial charge on any atom is 0.303 e. The fourth-order valence-electron chi connectivity index (χ4n) is 2.99. The van der Waals surface area contributed by atoms with Gasteiger partial charge >= 0.3 is 5.97 Å². The van der Waals surface area contributed by atoms with Crippen molar-refractivity contribution in [3.05, 3.63) is 65.9 Å². The smallest absolute Gasteiger partial charge is 0.303 e. The molecule has 6 heteroatoms. The summed E-state index contributed by atoms with van der Waals surface area (Å²) in [4.78, 5) is 11.3. The third-order valence-corrected chi connectivity index (χ3v) is 5.99. The molecule has 3 aromatic rings. The van der Waals surface area contributed by atoms with Gasteiger partial charge in [-0.25, -0.2) is 12.4 Å². The summed E-state index contributed by atoms with van der Waals surface area (Å²) < 4.78 is 27.4. The Balaban J connectivity index is 2.20. The molecule has 25 heavy (non-hydrogen) atoms. The van der Waals surface area contributed by atoms with Gasteiger partial charge in [0.05, 0.1) is 16.8 Å². The van der Waals surface area contributed by atoms with Gasteiger partial charge in [0.2, 0.25) is 0 Å². The number of hydrogen-bond acceptors (Lipinski definition) is 3. The van der Waals surface area contributed by atoms with Crippen LogP contribution < -0.4 is 0 Å². The second-order valence-corrected chi connectivity index (χ2v) is 8.03. The molecule has 1 N–H and O–H groups in total. The van der Waals surface area contributed by atoms with Gasteiger partial charge in [0, 0.05) is 11.6 Å². The quantitative estimate of drug-likeness (QED) is 0.754. The average Bonchev–Trinajstić information content (AvgIpc) is 2.99. The summed E-state index contributed by atoms with van der Waals surface area (Å²) >= 11 is 0. The average molecular weight is 357 g/mol. The first kappa shape index (κ1) is 17.2. The number of nitrogens with zero attached hydrogens (tertiary/aromatic N) is 1. The van der Waals surface area contributed by atoms with Crippen molar-refractivity contribution >= 4 is 26.9 Å². The second kappa shape index (κ2) is 6.37. The van der Waals surface area contributed by atoms with Gasteiger partial charge in [-0.1, -0.05) is 42.8 Å². The third-order valence-electron chi connectivity index (χ3n) is 4.30. The fraction of sp³-hybridized carbons (Fsp3) is 0.211. The lowest BCUT2D eigenvalue weighted by Gasteiger charge is -2.15. The van der Waals surface area contributed by atoms with Crippen LogP contribution in [0.15, 0.2) is 59.6 Å². The molecular weight excluding hydrogens is 338 g/mol. The van der Waals surface area contributed by atoms with E-state index in [1.807, 2.05) is 19.1 Å². The molecule has 1 heterocycles. The molecule has 0 aliphatic carbocycles. The Morgan fingerprint density at radius 2 is 1.80 bits per heavy atom. The Hall–Kier alpha value is -2.60. The number of aliphatic carboxylic acids is 1. The van der Waals surface area contributed by atoms with Gasteiger partial charge in [0.25, 0.3) is 10.0 Å². The van der Waals surface area contributed by atoms with Crippen LogP contribution in [0.5, 0.6) is 0 Å². The molecule has 0 aliphatic heterocycles. The Labute approximate surface area is 146 Å². The summed E-state index contributed by atoms with van der Waals surface area (Å²) in [7, 11) is -3.75. The van der Waals surface area contributed by atoms with Gasteiger partial charge in [0.1, 0.15) is 0 Å². The van der Waals surface area contributed by atoms with Crippen molar-refractivity contribution in [2.24, 2.45) is 0 Å². The Kier molecular flexibility index (Phi) is 4.39. The van der Waals surface area contributed by atoms with Gasteiger partial charge in [-0.05, 0) is 36.6 Å². The summed E-state index contributed by atoms with van der Waals surface area (Å²) in [6.45, 7) is 3.69. The normalized spacial score (nSPS) is 13.0. The minimum Gasteiger partial charge on any atom is -0.481 e. The predicted molar refractivity (Wildman–Crippen MR) is 96.4 cm³/mol. The van der Waals surface area contributed by atoms with Crippen molar-refractivity contribution < 1.29 is 18.3 Å². The van der Waals surface area contributed by atoms with Gasteiger partial charge < -0.3 is 5.11 Å². The third kappa shape index (κ3) is 3.17. The van der Waals surface area contributed by atoms with Crippen LogP contribution in [0.3, 0.4) is 0 Å². The number of aryl methyl sites for hydroxylation is 1. The van der Waals surface area contributed by atoms with Crippen LogP contribution in [0, 0.1) is 6.92 Å². The monoisotopic (exact) mass is 357 g/mol. The number of carbonyl (C=O) groups is 1. The zero-order valence-electron chi connectivity index (χ0n) is 14.0. The largest absolute Gasteiger partial charge is 0.481 e. The summed E-state index contributed by atoms with van der Waals surface area (Å²) in [5, 5.41) is 9.84. The molecule has 0 fully saturated rings. The van der Waals surface area contributed by atoms with Crippen LogP contribution in [-0.4, -0.2) is 23.5 Å². The first-order valence-electron chi connectivity index (χ1n) is 7.94. The number of para-hydroxylation sites is 1. The molecule has 130 valence electrons. The van der Waals surface area contributed by atoms with Gasteiger partial charge in [0.15, 0.2) is 0 Å². The van der Waals surface area contributed by atoms with E-state index in [9.17, 15) is 13.2 Å². The molecule has 1 aromatic heterocycles. The van der Waals surface area contributed by atoms with E-state index < -0.39 is 16.0 Å². The molecule has 0 amide bonds. The molecule has 0 aliphatic rings. The lowest BCUT2D eigenvalue weighted by Crippen LogP contribution is -2.13. The van der Waals surface area contributed by atoms with Crippen molar-refractivity contribution in [3.8, 4) is 0 Å². The molecule has 2 aromatic carbocycles. The van der Waals surface area contributed by atoms with Crippen LogP contribution in [0.2, 0.25) is 0 Å². The molecule has 0 radical (unpaired) electrons. The molecule has 0 bridgehead atoms. The minimum absolute atomic E-state index is 0.0606. The standard InChI is InChI=1S/C19H19NO4S/c1-13-6-8-16(9-7-13)25(23,24)20-11-10-15-4-3-5-17(19(15)20)14(2)12-18(21)22/h3-11,14H,12H2,1-2H3,(H,21,22)/t14-/m0/s1. The van der Waals surface area contributed by atoms with E-state index >= 15 is 0 Å². The highest BCUT2D eigenvalue weighted by atomic mass is 32.2. The van der Waals surface area contributed by atoms with E-state index in [1.165, 1.54) is 10.2 Å². The Morgan fingerprint density at radius 1 is 1.12 bits per heavy atom. The van der Waals surface area contributed by atoms with Crippen LogP contribution in [0.4, 0.5) is 0 Å². The highest BCUT2D eigenvalue weighted by molar-refractivity contribution is 7.90. The van der Waals surface area contributed by atoms with E-state index in [4.69, 9.17) is 5.11 Å². The summed E-state index contributed by atoms with van der Waals surface area (Å²) in [6.07, 6.45) is 1.46. The number of rotatable bonds is 5. The molecule has 0 saturated heterocycles. The van der Waals surface area contributed by atoms with Crippen LogP contribution >= 0.6 is 0 Å². The second-order valence-electron chi connectivity index (χ2n) is 6.21. The number of carboxylic acid groups (broad SMARTS) is 1. The van der Waals surface area contributed by atoms with Crippen molar-refractivity contribution in [3.63, 3.8) is 0 Å². The highest BCUT2D eigenvalue weighted by Gasteiger charge is 2.22. The first-order chi connectivity index (χ1) is 11.8. The number of aromatic nitrogens is 1. The number of carboxylic acids is 1. The lowest BCUT2D eigenvalue weighted by molar-refractivity contribution is -0.137. The lowest BCUT2D eigenvalue weighted by atomic mass is 9.96. The van der Waals surface area contributed by atoms with E-state index in [2.05, 4.69) is 0 Å². The number of benzene rings is 2. The maximum atomic E-state index is 13.1. The Morgan fingerprint density at radius 3 is 2.44 bits per heavy atom. The van der Waals surface area contributed by atoms with E-state index in [0.29, 0.717) is 11.1 Å². The summed E-state index contributed by atoms with van der Waals surface area (Å²) in [5.41, 5.74) is 2.23. The Bertz CT molecular complexity index is 1030. The molecule has 3 rings (SSSR count). The number of fused-ring (bicyclic) bond motifs is 1. The molecule has 0 saturated carbocycles. The van der Waals surface area contributed by atoms with Crippen molar-refractivity contribution in [1.82, 2.24) is 3.97 Å². The van der Waals surface area contributed by atoms with Crippen molar-refractivity contribution in [2.45, 2.75) is 31.1 Å². The molecule has 0 spiro atoms. The molecule has 1 atom stereocenters. The topological polar surface area (TPSA) is 76.4 Å². The fourth-order valence-corrected chi connectivity index (χ4v) is 4.36. The van der Waals surface area contributed by atoms with Crippen LogP contribution in [-0.2, 0) is 14.8 Å². The van der Waals surface area contributed by atoms with Gasteiger partial charge in [-0.15, -0.1) is 0 Å². The summed E-state index contributed by atoms with van der Waals surface area (Å²) in [5.74, 6) is -1.22. The SMILES string of the molecule is Cc1ccc(S(=O)(=O)n2ccc3cccc([C@@H](C)CC(=O)O)c32)cc1. The minimum atomic E-state index is -3.75. The first-order valence-corrected chi connectivity index (χ1v) is 9.38. The predicted octanol–water partition coefficient (Wildman–Crippen LogP) is 3.76. The van der Waals surface area contributed by atoms with Crippen molar-refractivity contribution in [1.29, 1.82) is 0 Å². The maximum absolute atomic E-state index is 13.1. The van der Waals surface area contributed by atoms with Gasteiger partial charge in [-0.2, -0.15) is 0 Å². The van der Waals surface area contributed by atoms with Crippen molar-refractivity contribution in [2.75, 3.05) is 0 Å².